The number of benzene rings is 2. The van der Waals surface area contributed by atoms with Crippen LogP contribution in [0.3, 0.4) is 0 Å². The van der Waals surface area contributed by atoms with Crippen molar-refractivity contribution < 1.29 is 14.3 Å². The van der Waals surface area contributed by atoms with Gasteiger partial charge in [0.1, 0.15) is 17.4 Å². The molecule has 1 amide bonds. The van der Waals surface area contributed by atoms with Gasteiger partial charge in [0, 0.05) is 36.2 Å². The molecule has 3 heterocycles. The van der Waals surface area contributed by atoms with Crippen LogP contribution in [0.4, 0.5) is 17.2 Å². The van der Waals surface area contributed by atoms with Crippen molar-refractivity contribution in [1.82, 2.24) is 9.97 Å². The molecule has 2 aliphatic heterocycles. The Bertz CT molecular complexity index is 1200. The number of nitrogens with one attached hydrogen (secondary N) is 1. The zero-order valence-electron chi connectivity index (χ0n) is 19.2. The van der Waals surface area contributed by atoms with Crippen molar-refractivity contribution >= 4 is 34.0 Å². The number of amides is 1. The third-order valence-corrected chi connectivity index (χ3v) is 6.27. The molecule has 8 heteroatoms. The van der Waals surface area contributed by atoms with Gasteiger partial charge in [-0.1, -0.05) is 6.07 Å². The summed E-state index contributed by atoms with van der Waals surface area (Å²) in [5.41, 5.74) is 10.5. The van der Waals surface area contributed by atoms with Crippen LogP contribution in [0.25, 0.3) is 10.9 Å². The number of carbonyl (C=O) groups excluding carboxylic acids is 1. The van der Waals surface area contributed by atoms with Crippen LogP contribution in [0.15, 0.2) is 30.3 Å². The summed E-state index contributed by atoms with van der Waals surface area (Å²) in [6.45, 7) is 8.06. The predicted octanol–water partition coefficient (Wildman–Crippen LogP) is 3.76. The zero-order chi connectivity index (χ0) is 23.1. The van der Waals surface area contributed by atoms with Crippen molar-refractivity contribution in [2.75, 3.05) is 42.3 Å². The van der Waals surface area contributed by atoms with E-state index in [1.54, 1.807) is 0 Å². The number of rotatable bonds is 5. The molecule has 0 radical (unpaired) electrons. The molecule has 1 fully saturated rings. The zero-order valence-corrected chi connectivity index (χ0v) is 19.2. The van der Waals surface area contributed by atoms with Crippen molar-refractivity contribution in [3.63, 3.8) is 0 Å². The fraction of sp³-hybridized carbons (Fsp3) is 0.400. The second-order valence-corrected chi connectivity index (χ2v) is 9.02. The average Bonchev–Trinajstić information content (AvgIpc) is 3.27. The van der Waals surface area contributed by atoms with Gasteiger partial charge in [0.15, 0.2) is 6.61 Å². The highest BCUT2D eigenvalue weighted by molar-refractivity contribution is 6.02. The molecule has 3 aromatic rings. The van der Waals surface area contributed by atoms with Gasteiger partial charge in [0.05, 0.1) is 23.9 Å². The van der Waals surface area contributed by atoms with Gasteiger partial charge >= 0.3 is 0 Å². The first-order valence-corrected chi connectivity index (χ1v) is 11.3. The van der Waals surface area contributed by atoms with Crippen molar-refractivity contribution in [1.29, 1.82) is 0 Å². The molecule has 2 aliphatic rings. The number of fused-ring (bicyclic) bond motifs is 2. The Morgan fingerprint density at radius 1 is 1.21 bits per heavy atom. The number of nitrogens with two attached hydrogens (primary N) is 1. The predicted molar refractivity (Wildman–Crippen MR) is 129 cm³/mol. The Morgan fingerprint density at radius 3 is 2.82 bits per heavy atom. The lowest BCUT2D eigenvalue weighted by Crippen LogP contribution is -2.41. The normalized spacial score (nSPS) is 18.8. The van der Waals surface area contributed by atoms with E-state index in [0.29, 0.717) is 30.6 Å². The highest BCUT2D eigenvalue weighted by Gasteiger charge is 2.30. The van der Waals surface area contributed by atoms with Crippen LogP contribution in [-0.2, 0) is 9.53 Å². The molecular formula is C25H29N5O3. The smallest absolute Gasteiger partial charge is 0.265 e. The molecule has 8 nitrogen and oxygen atoms in total. The summed E-state index contributed by atoms with van der Waals surface area (Å²) >= 11 is 0. The molecule has 0 bridgehead atoms. The first-order valence-electron chi connectivity index (χ1n) is 11.3. The van der Waals surface area contributed by atoms with Gasteiger partial charge < -0.3 is 25.4 Å². The van der Waals surface area contributed by atoms with Gasteiger partial charge in [-0.15, -0.1) is 0 Å². The third-order valence-electron chi connectivity index (χ3n) is 6.27. The van der Waals surface area contributed by atoms with Gasteiger partial charge in [-0.25, -0.2) is 9.97 Å². The Labute approximate surface area is 193 Å². The first-order chi connectivity index (χ1) is 15.9. The summed E-state index contributed by atoms with van der Waals surface area (Å²) < 4.78 is 11.3. The van der Waals surface area contributed by atoms with E-state index in [2.05, 4.69) is 23.3 Å². The highest BCUT2D eigenvalue weighted by Crippen LogP contribution is 2.39. The summed E-state index contributed by atoms with van der Waals surface area (Å²) in [4.78, 5) is 23.9. The van der Waals surface area contributed by atoms with Crippen LogP contribution in [0, 0.1) is 19.8 Å². The standard InChI is InChI=1S/C25H29N5O3/c1-14-6-18(8-19(26)7-14)15(2)27-25-20-9-22-23(10-21(20)28-16(3)29-25)33-13-24(31)30(22)11-17-4-5-32-12-17/h6-10,15,17H,4-5,11-13,26H2,1-3H3,(H,27,28,29)/t15-,17-/m1/s1. The molecule has 1 aromatic heterocycles. The van der Waals surface area contributed by atoms with Crippen molar-refractivity contribution in [3.05, 3.63) is 47.3 Å². The number of nitrogen functional groups attached to an aromatic ring is 1. The second-order valence-electron chi connectivity index (χ2n) is 9.02. The maximum Gasteiger partial charge on any atom is 0.265 e. The van der Waals surface area contributed by atoms with Crippen LogP contribution in [0.1, 0.15) is 36.3 Å². The largest absolute Gasteiger partial charge is 0.481 e. The molecule has 2 atom stereocenters. The summed E-state index contributed by atoms with van der Waals surface area (Å²) in [5.74, 6) is 2.33. The quantitative estimate of drug-likeness (QED) is 0.574. The fourth-order valence-electron chi connectivity index (χ4n) is 4.62. The highest BCUT2D eigenvalue weighted by atomic mass is 16.5. The topological polar surface area (TPSA) is 103 Å². The Kier molecular flexibility index (Phi) is 5.54. The number of anilines is 3. The number of hydrogen-bond acceptors (Lipinski definition) is 7. The maximum absolute atomic E-state index is 12.7. The van der Waals surface area contributed by atoms with Gasteiger partial charge in [-0.05, 0) is 56.5 Å². The SMILES string of the molecule is Cc1cc(N)cc([C@@H](C)Nc2nc(C)nc3cc4c(cc23)N(C[C@H]2CCOC2)C(=O)CO4)c1. The number of ether oxygens (including phenoxy) is 2. The van der Waals surface area contributed by atoms with Crippen LogP contribution >= 0.6 is 0 Å². The molecule has 2 aromatic carbocycles. The Morgan fingerprint density at radius 2 is 2.06 bits per heavy atom. The molecule has 0 aliphatic carbocycles. The van der Waals surface area contributed by atoms with Crippen molar-refractivity contribution in [2.45, 2.75) is 33.2 Å². The Balaban J connectivity index is 1.54. The van der Waals surface area contributed by atoms with E-state index in [-0.39, 0.29) is 18.6 Å². The number of hydrogen-bond donors (Lipinski definition) is 2. The molecular weight excluding hydrogens is 418 g/mol. The lowest BCUT2D eigenvalue weighted by atomic mass is 10.0. The molecule has 33 heavy (non-hydrogen) atoms. The summed E-state index contributed by atoms with van der Waals surface area (Å²) in [7, 11) is 0. The molecule has 0 spiro atoms. The second kappa shape index (κ2) is 8.51. The minimum Gasteiger partial charge on any atom is -0.481 e. The summed E-state index contributed by atoms with van der Waals surface area (Å²) in [6.07, 6.45) is 0.958. The van der Waals surface area contributed by atoms with E-state index in [1.807, 2.05) is 43.0 Å². The number of carbonyl (C=O) groups is 1. The van der Waals surface area contributed by atoms with E-state index in [9.17, 15) is 4.79 Å². The van der Waals surface area contributed by atoms with E-state index >= 15 is 0 Å². The van der Waals surface area contributed by atoms with E-state index in [0.717, 1.165) is 52.3 Å². The van der Waals surface area contributed by atoms with Gasteiger partial charge in [0.25, 0.3) is 5.91 Å². The molecule has 0 saturated carbocycles. The van der Waals surface area contributed by atoms with Crippen molar-refractivity contribution in [3.8, 4) is 5.75 Å². The lowest BCUT2D eigenvalue weighted by molar-refractivity contribution is -0.121. The van der Waals surface area contributed by atoms with E-state index in [4.69, 9.17) is 20.2 Å². The summed E-state index contributed by atoms with van der Waals surface area (Å²) in [6, 6.07) is 9.89. The van der Waals surface area contributed by atoms with E-state index in [1.165, 1.54) is 0 Å². The maximum atomic E-state index is 12.7. The molecule has 172 valence electrons. The monoisotopic (exact) mass is 447 g/mol. The first kappa shape index (κ1) is 21.5. The van der Waals surface area contributed by atoms with Crippen LogP contribution in [0.2, 0.25) is 0 Å². The molecule has 3 N–H and O–H groups in total. The average molecular weight is 448 g/mol. The number of aryl methyl sites for hydroxylation is 2. The molecule has 5 rings (SSSR count). The van der Waals surface area contributed by atoms with Crippen LogP contribution < -0.4 is 20.7 Å². The van der Waals surface area contributed by atoms with Crippen molar-refractivity contribution in [2.24, 2.45) is 5.92 Å². The fourth-order valence-corrected chi connectivity index (χ4v) is 4.62. The third kappa shape index (κ3) is 4.30. The Hall–Kier alpha value is -3.39. The van der Waals surface area contributed by atoms with Crippen LogP contribution in [0.5, 0.6) is 5.75 Å². The van der Waals surface area contributed by atoms with Gasteiger partial charge in [-0.2, -0.15) is 0 Å². The summed E-state index contributed by atoms with van der Waals surface area (Å²) in [5, 5.41) is 4.38. The molecule has 0 unspecified atom stereocenters. The van der Waals surface area contributed by atoms with E-state index < -0.39 is 0 Å². The minimum absolute atomic E-state index is 0.0228. The minimum atomic E-state index is -0.0418. The number of aromatic nitrogens is 2. The molecule has 1 saturated heterocycles. The number of nitrogens with zero attached hydrogens (tertiary/aromatic N) is 3. The lowest BCUT2D eigenvalue weighted by Gasteiger charge is -2.31. The van der Waals surface area contributed by atoms with Gasteiger partial charge in [-0.3, -0.25) is 4.79 Å². The van der Waals surface area contributed by atoms with Gasteiger partial charge in [0.2, 0.25) is 0 Å². The van der Waals surface area contributed by atoms with Crippen LogP contribution in [-0.4, -0.2) is 42.2 Å².